The molecule has 0 aliphatic heterocycles. The molecule has 0 aromatic heterocycles. The molecule has 0 fully saturated rings. The smallest absolute Gasteiger partial charge is 0.0123 e. The number of hydrogen-bond donors (Lipinski definition) is 1. The Balaban J connectivity index is 0. The summed E-state index contributed by atoms with van der Waals surface area (Å²) in [5.74, 6) is 0.641. The SMILES string of the molecule is CCCC(C)C(C)(C)N.O. The Hall–Kier alpha value is -0.0800. The molecule has 0 rings (SSSR count). The summed E-state index contributed by atoms with van der Waals surface area (Å²) in [6, 6.07) is 0. The molecular weight excluding hydrogens is 126 g/mol. The Morgan fingerprint density at radius 1 is 1.40 bits per heavy atom. The first-order valence-electron chi connectivity index (χ1n) is 3.77. The van der Waals surface area contributed by atoms with Crippen LogP contribution < -0.4 is 5.73 Å². The largest absolute Gasteiger partial charge is 0.412 e. The zero-order chi connectivity index (χ0) is 7.49. The molecular formula is C8H21NO. The lowest BCUT2D eigenvalue weighted by Crippen LogP contribution is -2.39. The Labute approximate surface area is 64.1 Å². The Morgan fingerprint density at radius 3 is 1.90 bits per heavy atom. The van der Waals surface area contributed by atoms with Crippen LogP contribution >= 0.6 is 0 Å². The van der Waals surface area contributed by atoms with Gasteiger partial charge >= 0.3 is 0 Å². The van der Waals surface area contributed by atoms with Gasteiger partial charge in [0, 0.05) is 5.54 Å². The van der Waals surface area contributed by atoms with Crippen LogP contribution in [0.4, 0.5) is 0 Å². The van der Waals surface area contributed by atoms with Gasteiger partial charge < -0.3 is 11.2 Å². The summed E-state index contributed by atoms with van der Waals surface area (Å²) in [6.45, 7) is 8.59. The Bertz CT molecular complexity index is 75.8. The van der Waals surface area contributed by atoms with Crippen molar-refractivity contribution in [2.75, 3.05) is 0 Å². The van der Waals surface area contributed by atoms with Crippen LogP contribution in [0, 0.1) is 5.92 Å². The van der Waals surface area contributed by atoms with Gasteiger partial charge in [0.05, 0.1) is 0 Å². The molecule has 0 spiro atoms. The first-order valence-corrected chi connectivity index (χ1v) is 3.77. The number of hydrogen-bond acceptors (Lipinski definition) is 1. The monoisotopic (exact) mass is 147 g/mol. The van der Waals surface area contributed by atoms with Crippen LogP contribution in [0.2, 0.25) is 0 Å². The normalized spacial score (nSPS) is 14.1. The molecule has 0 aromatic carbocycles. The van der Waals surface area contributed by atoms with Gasteiger partial charge in [-0.15, -0.1) is 0 Å². The van der Waals surface area contributed by atoms with E-state index in [1.807, 2.05) is 0 Å². The quantitative estimate of drug-likeness (QED) is 0.643. The van der Waals surface area contributed by atoms with Crippen molar-refractivity contribution in [3.05, 3.63) is 0 Å². The van der Waals surface area contributed by atoms with Gasteiger partial charge in [0.1, 0.15) is 0 Å². The summed E-state index contributed by atoms with van der Waals surface area (Å²) < 4.78 is 0. The second kappa shape index (κ2) is 4.69. The molecule has 0 radical (unpaired) electrons. The molecule has 2 heteroatoms. The predicted octanol–water partition coefficient (Wildman–Crippen LogP) is 1.34. The second-order valence-corrected chi connectivity index (χ2v) is 3.51. The molecule has 0 heterocycles. The fraction of sp³-hybridized carbons (Fsp3) is 1.00. The zero-order valence-corrected chi connectivity index (χ0v) is 7.57. The zero-order valence-electron chi connectivity index (χ0n) is 7.57. The van der Waals surface area contributed by atoms with Gasteiger partial charge in [-0.3, -0.25) is 0 Å². The van der Waals surface area contributed by atoms with Gasteiger partial charge in [-0.05, 0) is 26.2 Å². The van der Waals surface area contributed by atoms with Gasteiger partial charge in [0.25, 0.3) is 0 Å². The van der Waals surface area contributed by atoms with Crippen LogP contribution in [0.25, 0.3) is 0 Å². The molecule has 0 saturated heterocycles. The Kier molecular flexibility index (Phi) is 5.90. The van der Waals surface area contributed by atoms with Gasteiger partial charge in [-0.1, -0.05) is 20.3 Å². The molecule has 2 nitrogen and oxygen atoms in total. The minimum Gasteiger partial charge on any atom is -0.412 e. The van der Waals surface area contributed by atoms with E-state index < -0.39 is 0 Å². The van der Waals surface area contributed by atoms with E-state index in [-0.39, 0.29) is 11.0 Å². The minimum atomic E-state index is 0. The maximum absolute atomic E-state index is 5.87. The third-order valence-corrected chi connectivity index (χ3v) is 1.99. The first kappa shape index (κ1) is 12.6. The van der Waals surface area contributed by atoms with Crippen LogP contribution in [0.5, 0.6) is 0 Å². The van der Waals surface area contributed by atoms with Gasteiger partial charge in [0.15, 0.2) is 0 Å². The Morgan fingerprint density at radius 2 is 1.80 bits per heavy atom. The third kappa shape index (κ3) is 4.77. The highest BCUT2D eigenvalue weighted by molar-refractivity contribution is 4.77. The molecule has 10 heavy (non-hydrogen) atoms. The molecule has 0 bridgehead atoms. The van der Waals surface area contributed by atoms with E-state index in [1.54, 1.807) is 0 Å². The lowest BCUT2D eigenvalue weighted by atomic mass is 9.87. The molecule has 0 amide bonds. The molecule has 64 valence electrons. The van der Waals surface area contributed by atoms with Crippen molar-refractivity contribution >= 4 is 0 Å². The first-order chi connectivity index (χ1) is 3.98. The molecule has 0 aromatic rings. The summed E-state index contributed by atoms with van der Waals surface area (Å²) in [5, 5.41) is 0. The van der Waals surface area contributed by atoms with Crippen molar-refractivity contribution in [1.82, 2.24) is 0 Å². The van der Waals surface area contributed by atoms with Gasteiger partial charge in [-0.2, -0.15) is 0 Å². The molecule has 4 N–H and O–H groups in total. The summed E-state index contributed by atoms with van der Waals surface area (Å²) in [5.41, 5.74) is 5.87. The van der Waals surface area contributed by atoms with E-state index in [4.69, 9.17) is 5.73 Å². The van der Waals surface area contributed by atoms with Crippen molar-refractivity contribution < 1.29 is 5.48 Å². The second-order valence-electron chi connectivity index (χ2n) is 3.51. The fourth-order valence-electron chi connectivity index (χ4n) is 0.805. The van der Waals surface area contributed by atoms with E-state index in [1.165, 1.54) is 12.8 Å². The number of rotatable bonds is 3. The maximum Gasteiger partial charge on any atom is 0.0123 e. The van der Waals surface area contributed by atoms with Crippen LogP contribution in [0.3, 0.4) is 0 Å². The van der Waals surface area contributed by atoms with E-state index in [0.717, 1.165) is 0 Å². The van der Waals surface area contributed by atoms with Crippen molar-refractivity contribution in [3.8, 4) is 0 Å². The van der Waals surface area contributed by atoms with Crippen LogP contribution in [-0.2, 0) is 0 Å². The summed E-state index contributed by atoms with van der Waals surface area (Å²) in [6.07, 6.45) is 2.48. The van der Waals surface area contributed by atoms with Crippen LogP contribution in [-0.4, -0.2) is 11.0 Å². The summed E-state index contributed by atoms with van der Waals surface area (Å²) in [4.78, 5) is 0. The molecule has 0 saturated carbocycles. The average Bonchev–Trinajstić information content (AvgIpc) is 1.64. The number of nitrogens with two attached hydrogens (primary N) is 1. The maximum atomic E-state index is 5.87. The van der Waals surface area contributed by atoms with Crippen molar-refractivity contribution in [2.24, 2.45) is 11.7 Å². The molecule has 0 aliphatic carbocycles. The van der Waals surface area contributed by atoms with E-state index >= 15 is 0 Å². The third-order valence-electron chi connectivity index (χ3n) is 1.99. The van der Waals surface area contributed by atoms with E-state index in [2.05, 4.69) is 27.7 Å². The lowest BCUT2D eigenvalue weighted by molar-refractivity contribution is 0.324. The topological polar surface area (TPSA) is 57.5 Å². The highest BCUT2D eigenvalue weighted by atomic mass is 16.0. The fourth-order valence-corrected chi connectivity index (χ4v) is 0.805. The van der Waals surface area contributed by atoms with Crippen molar-refractivity contribution in [2.45, 2.75) is 46.1 Å². The van der Waals surface area contributed by atoms with Crippen molar-refractivity contribution in [1.29, 1.82) is 0 Å². The van der Waals surface area contributed by atoms with Crippen LogP contribution in [0.1, 0.15) is 40.5 Å². The molecule has 0 aliphatic rings. The van der Waals surface area contributed by atoms with Gasteiger partial charge in [0.2, 0.25) is 0 Å². The minimum absolute atomic E-state index is 0. The van der Waals surface area contributed by atoms with Crippen LogP contribution in [0.15, 0.2) is 0 Å². The highest BCUT2D eigenvalue weighted by Crippen LogP contribution is 2.17. The molecule has 1 atom stereocenters. The predicted molar refractivity (Wildman–Crippen MR) is 46.0 cm³/mol. The highest BCUT2D eigenvalue weighted by Gasteiger charge is 2.18. The average molecular weight is 147 g/mol. The lowest BCUT2D eigenvalue weighted by Gasteiger charge is -2.26. The standard InChI is InChI=1S/C8H19N.H2O/c1-5-6-7(2)8(3,4)9;/h7H,5-6,9H2,1-4H3;1H2. The van der Waals surface area contributed by atoms with Crippen molar-refractivity contribution in [3.63, 3.8) is 0 Å². The van der Waals surface area contributed by atoms with E-state index in [0.29, 0.717) is 5.92 Å². The summed E-state index contributed by atoms with van der Waals surface area (Å²) in [7, 11) is 0. The van der Waals surface area contributed by atoms with Gasteiger partial charge in [-0.25, -0.2) is 0 Å². The van der Waals surface area contributed by atoms with E-state index in [9.17, 15) is 0 Å². The summed E-state index contributed by atoms with van der Waals surface area (Å²) >= 11 is 0. The molecule has 1 unspecified atom stereocenters.